The Morgan fingerprint density at radius 3 is 2.68 bits per heavy atom. The molecule has 0 amide bonds. The van der Waals surface area contributed by atoms with E-state index in [1.54, 1.807) is 18.2 Å². The first kappa shape index (κ1) is 13.5. The molecule has 0 unspecified atom stereocenters. The summed E-state index contributed by atoms with van der Waals surface area (Å²) in [7, 11) is 0. The fourth-order valence-electron chi connectivity index (χ4n) is 1.82. The Balaban J connectivity index is 2.21. The van der Waals surface area contributed by atoms with Gasteiger partial charge in [0, 0.05) is 11.1 Å². The van der Waals surface area contributed by atoms with Crippen molar-refractivity contribution in [2.45, 2.75) is 20.5 Å². The lowest BCUT2D eigenvalue weighted by molar-refractivity contribution is 0.304. The van der Waals surface area contributed by atoms with Crippen LogP contribution in [0.1, 0.15) is 22.3 Å². The Morgan fingerprint density at radius 1 is 1.16 bits per heavy atom. The summed E-state index contributed by atoms with van der Waals surface area (Å²) in [6.07, 6.45) is 0. The second-order valence-corrected chi connectivity index (χ2v) is 4.91. The minimum atomic E-state index is 0.433. The van der Waals surface area contributed by atoms with Gasteiger partial charge in [-0.15, -0.1) is 0 Å². The zero-order valence-corrected chi connectivity index (χ0v) is 11.7. The van der Waals surface area contributed by atoms with E-state index in [1.807, 2.05) is 13.8 Å². The van der Waals surface area contributed by atoms with Crippen LogP contribution in [-0.2, 0) is 6.61 Å². The molecular formula is C16H14ClNO. The molecular weight excluding hydrogens is 258 g/mol. The normalized spacial score (nSPS) is 10.0. The summed E-state index contributed by atoms with van der Waals surface area (Å²) in [5.41, 5.74) is 3.97. The molecule has 0 aromatic heterocycles. The van der Waals surface area contributed by atoms with Crippen molar-refractivity contribution in [1.82, 2.24) is 0 Å². The van der Waals surface area contributed by atoms with Crippen LogP contribution in [0.2, 0.25) is 5.02 Å². The second kappa shape index (κ2) is 5.77. The van der Waals surface area contributed by atoms with Gasteiger partial charge < -0.3 is 4.74 Å². The number of rotatable bonds is 3. The highest BCUT2D eigenvalue weighted by Gasteiger charge is 2.06. The predicted octanol–water partition coefficient (Wildman–Crippen LogP) is 4.41. The van der Waals surface area contributed by atoms with Crippen molar-refractivity contribution < 1.29 is 4.74 Å². The number of hydrogen-bond acceptors (Lipinski definition) is 2. The fraction of sp³-hybridized carbons (Fsp3) is 0.188. The van der Waals surface area contributed by atoms with Gasteiger partial charge in [-0.05, 0) is 37.1 Å². The zero-order valence-electron chi connectivity index (χ0n) is 10.9. The van der Waals surface area contributed by atoms with E-state index < -0.39 is 0 Å². The van der Waals surface area contributed by atoms with Crippen molar-refractivity contribution in [2.75, 3.05) is 0 Å². The maximum atomic E-state index is 9.03. The van der Waals surface area contributed by atoms with Gasteiger partial charge in [-0.1, -0.05) is 35.4 Å². The first-order valence-electron chi connectivity index (χ1n) is 5.99. The van der Waals surface area contributed by atoms with Crippen LogP contribution in [0.4, 0.5) is 0 Å². The van der Waals surface area contributed by atoms with Gasteiger partial charge in [0.05, 0.1) is 5.56 Å². The molecule has 96 valence electrons. The highest BCUT2D eigenvalue weighted by molar-refractivity contribution is 6.30. The Labute approximate surface area is 118 Å². The van der Waals surface area contributed by atoms with Gasteiger partial charge in [-0.2, -0.15) is 5.26 Å². The van der Waals surface area contributed by atoms with Crippen LogP contribution in [0, 0.1) is 25.2 Å². The molecule has 3 heteroatoms. The maximum absolute atomic E-state index is 9.03. The van der Waals surface area contributed by atoms with Crippen molar-refractivity contribution in [2.24, 2.45) is 0 Å². The summed E-state index contributed by atoms with van der Waals surface area (Å²) in [4.78, 5) is 0. The Kier molecular flexibility index (Phi) is 4.09. The van der Waals surface area contributed by atoms with Crippen LogP contribution in [0.15, 0.2) is 36.4 Å². The monoisotopic (exact) mass is 271 g/mol. The first-order valence-corrected chi connectivity index (χ1v) is 6.36. The van der Waals surface area contributed by atoms with Crippen molar-refractivity contribution in [3.63, 3.8) is 0 Å². The van der Waals surface area contributed by atoms with E-state index in [1.165, 1.54) is 11.1 Å². The van der Waals surface area contributed by atoms with E-state index in [0.717, 1.165) is 5.56 Å². The van der Waals surface area contributed by atoms with Crippen LogP contribution in [-0.4, -0.2) is 0 Å². The van der Waals surface area contributed by atoms with Gasteiger partial charge in [0.15, 0.2) is 0 Å². The lowest BCUT2D eigenvalue weighted by Gasteiger charge is -2.11. The average molecular weight is 272 g/mol. The smallest absolute Gasteiger partial charge is 0.139 e. The number of nitriles is 1. The van der Waals surface area contributed by atoms with Gasteiger partial charge in [0.1, 0.15) is 18.4 Å². The van der Waals surface area contributed by atoms with E-state index in [0.29, 0.717) is 22.9 Å². The van der Waals surface area contributed by atoms with Gasteiger partial charge >= 0.3 is 0 Å². The van der Waals surface area contributed by atoms with Crippen LogP contribution in [0.5, 0.6) is 5.75 Å². The highest BCUT2D eigenvalue weighted by Crippen LogP contribution is 2.24. The van der Waals surface area contributed by atoms with Crippen molar-refractivity contribution in [3.8, 4) is 11.8 Å². The van der Waals surface area contributed by atoms with Crippen LogP contribution in [0.3, 0.4) is 0 Å². The number of benzene rings is 2. The van der Waals surface area contributed by atoms with Crippen molar-refractivity contribution in [1.29, 1.82) is 5.26 Å². The van der Waals surface area contributed by atoms with Crippen molar-refractivity contribution in [3.05, 3.63) is 63.7 Å². The van der Waals surface area contributed by atoms with Crippen molar-refractivity contribution >= 4 is 11.6 Å². The molecule has 0 bridgehead atoms. The molecule has 0 heterocycles. The molecule has 0 spiro atoms. The van der Waals surface area contributed by atoms with Gasteiger partial charge in [0.25, 0.3) is 0 Å². The van der Waals surface area contributed by atoms with E-state index in [4.69, 9.17) is 21.6 Å². The Bertz CT molecular complexity index is 644. The summed E-state index contributed by atoms with van der Waals surface area (Å²) in [5, 5.41) is 9.60. The van der Waals surface area contributed by atoms with Crippen LogP contribution < -0.4 is 4.74 Å². The summed E-state index contributed by atoms with van der Waals surface area (Å²) in [5.74, 6) is 0.524. The first-order chi connectivity index (χ1) is 9.10. The lowest BCUT2D eigenvalue weighted by Crippen LogP contribution is -2.00. The molecule has 0 radical (unpaired) electrons. The third kappa shape index (κ3) is 3.27. The standard InChI is InChI=1S/C16H14ClNO/c1-11-3-4-12(2)14(7-11)10-19-16-8-15(17)6-5-13(16)9-18/h3-8H,10H2,1-2H3. The molecule has 0 aliphatic heterocycles. The quantitative estimate of drug-likeness (QED) is 0.828. The minimum Gasteiger partial charge on any atom is -0.487 e. The molecule has 0 N–H and O–H groups in total. The van der Waals surface area contributed by atoms with Gasteiger partial charge in [-0.3, -0.25) is 0 Å². The number of hydrogen-bond donors (Lipinski definition) is 0. The van der Waals surface area contributed by atoms with E-state index in [2.05, 4.69) is 24.3 Å². The SMILES string of the molecule is Cc1ccc(C)c(COc2cc(Cl)ccc2C#N)c1. The summed E-state index contributed by atoms with van der Waals surface area (Å²) in [6, 6.07) is 13.4. The fourth-order valence-corrected chi connectivity index (χ4v) is 1.98. The van der Waals surface area contributed by atoms with E-state index in [-0.39, 0.29) is 0 Å². The van der Waals surface area contributed by atoms with Gasteiger partial charge in [0.2, 0.25) is 0 Å². The maximum Gasteiger partial charge on any atom is 0.139 e. The minimum absolute atomic E-state index is 0.433. The molecule has 2 aromatic rings. The Morgan fingerprint density at radius 2 is 1.95 bits per heavy atom. The van der Waals surface area contributed by atoms with Gasteiger partial charge in [-0.25, -0.2) is 0 Å². The predicted molar refractivity (Wildman–Crippen MR) is 76.4 cm³/mol. The molecule has 2 nitrogen and oxygen atoms in total. The number of nitrogens with zero attached hydrogens (tertiary/aromatic N) is 1. The molecule has 0 aliphatic carbocycles. The van der Waals surface area contributed by atoms with E-state index in [9.17, 15) is 0 Å². The molecule has 0 saturated heterocycles. The summed E-state index contributed by atoms with van der Waals surface area (Å²) < 4.78 is 5.72. The third-order valence-electron chi connectivity index (χ3n) is 2.95. The average Bonchev–Trinajstić information content (AvgIpc) is 2.40. The summed E-state index contributed by atoms with van der Waals surface area (Å²) >= 11 is 5.92. The second-order valence-electron chi connectivity index (χ2n) is 4.47. The largest absolute Gasteiger partial charge is 0.487 e. The molecule has 0 saturated carbocycles. The van der Waals surface area contributed by atoms with E-state index >= 15 is 0 Å². The molecule has 0 aliphatic rings. The molecule has 19 heavy (non-hydrogen) atoms. The zero-order chi connectivity index (χ0) is 13.8. The Hall–Kier alpha value is -1.98. The number of aryl methyl sites for hydroxylation is 2. The van der Waals surface area contributed by atoms with Crippen LogP contribution in [0.25, 0.3) is 0 Å². The highest BCUT2D eigenvalue weighted by atomic mass is 35.5. The molecule has 2 rings (SSSR count). The number of halogens is 1. The molecule has 2 aromatic carbocycles. The lowest BCUT2D eigenvalue weighted by atomic mass is 10.1. The molecule has 0 fully saturated rings. The topological polar surface area (TPSA) is 33.0 Å². The third-order valence-corrected chi connectivity index (χ3v) is 3.19. The van der Waals surface area contributed by atoms with Crippen LogP contribution >= 0.6 is 11.6 Å². The number of ether oxygens (including phenoxy) is 1. The molecule has 0 atom stereocenters. The summed E-state index contributed by atoms with van der Waals surface area (Å²) in [6.45, 7) is 4.52.